The molecule has 0 unspecified atom stereocenters. The van der Waals surface area contributed by atoms with Crippen LogP contribution in [0.5, 0.6) is 0 Å². The number of hydrogen-bond acceptors (Lipinski definition) is 5. The van der Waals surface area contributed by atoms with E-state index in [2.05, 4.69) is 40.8 Å². The molecule has 2 aromatic heterocycles. The van der Waals surface area contributed by atoms with Gasteiger partial charge in [0.2, 0.25) is 5.91 Å². The van der Waals surface area contributed by atoms with E-state index in [0.29, 0.717) is 17.7 Å². The lowest BCUT2D eigenvalue weighted by atomic mass is 10.1. The van der Waals surface area contributed by atoms with E-state index in [1.54, 1.807) is 11.3 Å². The molecule has 2 heterocycles. The second kappa shape index (κ2) is 6.42. The minimum atomic E-state index is 0.0784. The van der Waals surface area contributed by atoms with E-state index in [9.17, 15) is 4.79 Å². The molecule has 0 aliphatic heterocycles. The lowest BCUT2D eigenvalue weighted by molar-refractivity contribution is -0.118. The van der Waals surface area contributed by atoms with Crippen LogP contribution in [0, 0.1) is 0 Å². The van der Waals surface area contributed by atoms with Gasteiger partial charge >= 0.3 is 0 Å². The summed E-state index contributed by atoms with van der Waals surface area (Å²) in [7, 11) is 1.95. The Morgan fingerprint density at radius 3 is 2.91 bits per heavy atom. The summed E-state index contributed by atoms with van der Waals surface area (Å²) in [4.78, 5) is 13.1. The van der Waals surface area contributed by atoms with Gasteiger partial charge in [0.15, 0.2) is 11.0 Å². The average molecular weight is 336 g/mol. The molecule has 2 aromatic rings. The van der Waals surface area contributed by atoms with Gasteiger partial charge in [0.1, 0.15) is 0 Å². The summed E-state index contributed by atoms with van der Waals surface area (Å²) in [5, 5.41) is 14.4. The van der Waals surface area contributed by atoms with Gasteiger partial charge in [0.05, 0.1) is 5.75 Å². The molecule has 118 valence electrons. The highest BCUT2D eigenvalue weighted by molar-refractivity contribution is 7.99. The molecule has 1 amide bonds. The second-order valence-corrected chi connectivity index (χ2v) is 7.77. The molecule has 1 N–H and O–H groups in total. The Kier molecular flexibility index (Phi) is 4.54. The first-order chi connectivity index (χ1) is 10.5. The molecule has 0 saturated heterocycles. The maximum Gasteiger partial charge on any atom is 0.230 e. The standard InChI is InChI=1S/C15H20N4OS2/c1-9(2)12-6-10(7-21-12)14-17-18-15(19(14)3)22-8-13(20)16-11-4-5-11/h6-7,9,11H,4-5,8H2,1-3H3,(H,16,20). The highest BCUT2D eigenvalue weighted by Gasteiger charge is 2.23. The topological polar surface area (TPSA) is 59.8 Å². The third-order valence-corrected chi connectivity index (χ3v) is 5.81. The van der Waals surface area contributed by atoms with E-state index < -0.39 is 0 Å². The maximum atomic E-state index is 11.7. The van der Waals surface area contributed by atoms with E-state index >= 15 is 0 Å². The fourth-order valence-electron chi connectivity index (χ4n) is 2.09. The molecule has 0 aromatic carbocycles. The molecule has 0 radical (unpaired) electrons. The minimum absolute atomic E-state index is 0.0784. The summed E-state index contributed by atoms with van der Waals surface area (Å²) in [6, 6.07) is 2.58. The Balaban J connectivity index is 1.66. The third kappa shape index (κ3) is 3.52. The molecule has 1 saturated carbocycles. The predicted octanol–water partition coefficient (Wildman–Crippen LogP) is 3.04. The van der Waals surface area contributed by atoms with Gasteiger partial charge in [-0.2, -0.15) is 0 Å². The maximum absolute atomic E-state index is 11.7. The van der Waals surface area contributed by atoms with Crippen molar-refractivity contribution in [1.82, 2.24) is 20.1 Å². The number of hydrogen-bond donors (Lipinski definition) is 1. The summed E-state index contributed by atoms with van der Waals surface area (Å²) in [6.45, 7) is 4.37. The molecule has 7 heteroatoms. The van der Waals surface area contributed by atoms with Gasteiger partial charge in [-0.05, 0) is 24.8 Å². The zero-order chi connectivity index (χ0) is 15.7. The van der Waals surface area contributed by atoms with Gasteiger partial charge < -0.3 is 9.88 Å². The van der Waals surface area contributed by atoms with E-state index in [0.717, 1.165) is 29.4 Å². The number of carbonyl (C=O) groups is 1. The smallest absolute Gasteiger partial charge is 0.230 e. The molecule has 22 heavy (non-hydrogen) atoms. The molecular formula is C15H20N4OS2. The first-order valence-corrected chi connectivity index (χ1v) is 9.31. The number of thioether (sulfide) groups is 1. The van der Waals surface area contributed by atoms with E-state index in [-0.39, 0.29) is 5.91 Å². The average Bonchev–Trinajstić information content (AvgIpc) is 3.01. The van der Waals surface area contributed by atoms with Crippen LogP contribution in [0.2, 0.25) is 0 Å². The van der Waals surface area contributed by atoms with Crippen molar-refractivity contribution < 1.29 is 4.79 Å². The summed E-state index contributed by atoms with van der Waals surface area (Å²) in [6.07, 6.45) is 2.22. The van der Waals surface area contributed by atoms with Crippen molar-refractivity contribution >= 4 is 29.0 Å². The van der Waals surface area contributed by atoms with Crippen molar-refractivity contribution in [2.75, 3.05) is 5.75 Å². The summed E-state index contributed by atoms with van der Waals surface area (Å²) in [5.41, 5.74) is 1.10. The van der Waals surface area contributed by atoms with Crippen LogP contribution >= 0.6 is 23.1 Å². The molecule has 1 fully saturated rings. The van der Waals surface area contributed by atoms with Gasteiger partial charge in [-0.1, -0.05) is 25.6 Å². The first-order valence-electron chi connectivity index (χ1n) is 7.45. The Hall–Kier alpha value is -1.34. The molecule has 0 bridgehead atoms. The fourth-order valence-corrected chi connectivity index (χ4v) is 3.72. The highest BCUT2D eigenvalue weighted by Crippen LogP contribution is 2.30. The Morgan fingerprint density at radius 1 is 1.50 bits per heavy atom. The Labute approximate surface area is 138 Å². The number of rotatable bonds is 6. The monoisotopic (exact) mass is 336 g/mol. The first kappa shape index (κ1) is 15.6. The van der Waals surface area contributed by atoms with Gasteiger partial charge in [0, 0.05) is 28.9 Å². The zero-order valence-corrected chi connectivity index (χ0v) is 14.6. The van der Waals surface area contributed by atoms with Gasteiger partial charge in [-0.15, -0.1) is 21.5 Å². The number of amides is 1. The zero-order valence-electron chi connectivity index (χ0n) is 13.0. The summed E-state index contributed by atoms with van der Waals surface area (Å²) in [5.74, 6) is 1.85. The van der Waals surface area contributed by atoms with Gasteiger partial charge in [-0.25, -0.2) is 0 Å². The van der Waals surface area contributed by atoms with Crippen LogP contribution in [0.15, 0.2) is 16.6 Å². The lowest BCUT2D eigenvalue weighted by Gasteiger charge is -2.04. The molecular weight excluding hydrogens is 316 g/mol. The van der Waals surface area contributed by atoms with Crippen LogP contribution in [0.3, 0.4) is 0 Å². The highest BCUT2D eigenvalue weighted by atomic mass is 32.2. The van der Waals surface area contributed by atoms with E-state index in [1.807, 2.05) is 11.6 Å². The lowest BCUT2D eigenvalue weighted by Crippen LogP contribution is -2.27. The Bertz CT molecular complexity index is 673. The van der Waals surface area contributed by atoms with Crippen LogP contribution in [-0.4, -0.2) is 32.5 Å². The largest absolute Gasteiger partial charge is 0.353 e. The van der Waals surface area contributed by atoms with Crippen molar-refractivity contribution in [3.8, 4) is 11.4 Å². The van der Waals surface area contributed by atoms with Crippen LogP contribution in [0.4, 0.5) is 0 Å². The van der Waals surface area contributed by atoms with Crippen molar-refractivity contribution in [2.24, 2.45) is 7.05 Å². The van der Waals surface area contributed by atoms with Crippen molar-refractivity contribution in [1.29, 1.82) is 0 Å². The molecule has 0 atom stereocenters. The van der Waals surface area contributed by atoms with Crippen LogP contribution in [0.1, 0.15) is 37.5 Å². The predicted molar refractivity (Wildman–Crippen MR) is 90.3 cm³/mol. The van der Waals surface area contributed by atoms with Crippen molar-refractivity contribution in [3.05, 3.63) is 16.3 Å². The molecule has 3 rings (SSSR count). The van der Waals surface area contributed by atoms with Crippen molar-refractivity contribution in [3.63, 3.8) is 0 Å². The Morgan fingerprint density at radius 2 is 2.27 bits per heavy atom. The van der Waals surface area contributed by atoms with Gasteiger partial charge in [-0.3, -0.25) is 4.79 Å². The van der Waals surface area contributed by atoms with Gasteiger partial charge in [0.25, 0.3) is 0 Å². The number of carbonyl (C=O) groups excluding carboxylic acids is 1. The molecule has 0 spiro atoms. The number of nitrogens with one attached hydrogen (secondary N) is 1. The second-order valence-electron chi connectivity index (χ2n) is 5.89. The molecule has 1 aliphatic carbocycles. The third-order valence-electron chi connectivity index (χ3n) is 3.56. The molecule has 1 aliphatic rings. The number of thiophene rings is 1. The summed E-state index contributed by atoms with van der Waals surface area (Å²) < 4.78 is 1.96. The SMILES string of the molecule is CC(C)c1cc(-c2nnc(SCC(=O)NC3CC3)n2C)cs1. The molecule has 5 nitrogen and oxygen atoms in total. The van der Waals surface area contributed by atoms with Crippen molar-refractivity contribution in [2.45, 2.75) is 43.8 Å². The fraction of sp³-hybridized carbons (Fsp3) is 0.533. The van der Waals surface area contributed by atoms with E-state index in [1.165, 1.54) is 16.6 Å². The normalized spacial score (nSPS) is 14.5. The summed E-state index contributed by atoms with van der Waals surface area (Å²) >= 11 is 3.18. The van der Waals surface area contributed by atoms with E-state index in [4.69, 9.17) is 0 Å². The number of aromatic nitrogens is 3. The minimum Gasteiger partial charge on any atom is -0.353 e. The quantitative estimate of drug-likeness (QED) is 0.824. The van der Waals surface area contributed by atoms with Crippen LogP contribution in [-0.2, 0) is 11.8 Å². The van der Waals surface area contributed by atoms with Crippen LogP contribution < -0.4 is 5.32 Å². The number of nitrogens with zero attached hydrogens (tertiary/aromatic N) is 3. The van der Waals surface area contributed by atoms with Crippen LogP contribution in [0.25, 0.3) is 11.4 Å².